The van der Waals surface area contributed by atoms with Crippen LogP contribution in [-0.4, -0.2) is 45.6 Å². The summed E-state index contributed by atoms with van der Waals surface area (Å²) in [6.45, 7) is 9.00. The zero-order valence-corrected chi connectivity index (χ0v) is 28.9. The van der Waals surface area contributed by atoms with Crippen LogP contribution in [0.15, 0.2) is 72.8 Å². The first kappa shape index (κ1) is 36.8. The van der Waals surface area contributed by atoms with E-state index in [0.717, 1.165) is 12.0 Å². The Labute approximate surface area is 289 Å². The zero-order chi connectivity index (χ0) is 35.6. The van der Waals surface area contributed by atoms with E-state index in [1.54, 1.807) is 12.1 Å². The molecular formula is C41H48O8. The molecule has 0 aromatic heterocycles. The van der Waals surface area contributed by atoms with Gasteiger partial charge >= 0.3 is 11.9 Å². The molecule has 4 aromatic rings. The summed E-state index contributed by atoms with van der Waals surface area (Å²) in [4.78, 5) is 23.6. The second-order valence-electron chi connectivity index (χ2n) is 13.2. The van der Waals surface area contributed by atoms with Crippen LogP contribution in [0, 0.1) is 6.92 Å². The van der Waals surface area contributed by atoms with Gasteiger partial charge in [0.2, 0.25) is 0 Å². The number of aromatic carboxylic acids is 2. The third kappa shape index (κ3) is 9.78. The van der Waals surface area contributed by atoms with Crippen molar-refractivity contribution >= 4 is 11.9 Å². The lowest BCUT2D eigenvalue weighted by atomic mass is 9.80. The van der Waals surface area contributed by atoms with E-state index in [-0.39, 0.29) is 41.3 Å². The van der Waals surface area contributed by atoms with Gasteiger partial charge in [0, 0.05) is 11.1 Å². The van der Waals surface area contributed by atoms with Gasteiger partial charge in [-0.2, -0.15) is 0 Å². The number of aryl methyl sites for hydroxylation is 1. The van der Waals surface area contributed by atoms with Gasteiger partial charge in [-0.05, 0) is 89.5 Å². The van der Waals surface area contributed by atoms with Gasteiger partial charge < -0.3 is 29.9 Å². The lowest BCUT2D eigenvalue weighted by molar-refractivity contribution is 0.0682. The highest BCUT2D eigenvalue weighted by molar-refractivity contribution is 5.95. The Morgan fingerprint density at radius 2 is 1.14 bits per heavy atom. The minimum atomic E-state index is -1.28. The molecule has 0 saturated carbocycles. The number of hydrogen-bond donors (Lipinski definition) is 4. The number of rotatable bonds is 18. The second-order valence-corrected chi connectivity index (χ2v) is 13.2. The Morgan fingerprint density at radius 3 is 1.65 bits per heavy atom. The van der Waals surface area contributed by atoms with Crippen LogP contribution in [-0.2, 0) is 5.41 Å². The fourth-order valence-corrected chi connectivity index (χ4v) is 6.08. The molecule has 8 heteroatoms. The number of carbonyl (C=O) groups is 2. The second kappa shape index (κ2) is 16.9. The Bertz CT molecular complexity index is 1650. The van der Waals surface area contributed by atoms with E-state index in [4.69, 9.17) is 9.47 Å². The smallest absolute Gasteiger partial charge is 0.339 e. The summed E-state index contributed by atoms with van der Waals surface area (Å²) < 4.78 is 12.4. The predicted molar refractivity (Wildman–Crippen MR) is 192 cm³/mol. The quantitative estimate of drug-likeness (QED) is 0.0770. The Balaban J connectivity index is 1.52. The van der Waals surface area contributed by atoms with Crippen molar-refractivity contribution in [3.05, 3.63) is 95.1 Å². The molecule has 0 heterocycles. The average Bonchev–Trinajstić information content (AvgIpc) is 3.07. The summed E-state index contributed by atoms with van der Waals surface area (Å²) in [5, 5.41) is 39.5. The lowest BCUT2D eigenvalue weighted by Gasteiger charge is -2.25. The van der Waals surface area contributed by atoms with Crippen LogP contribution >= 0.6 is 0 Å². The molecule has 0 unspecified atom stereocenters. The molecule has 0 aliphatic rings. The molecule has 0 bridgehead atoms. The molecule has 0 amide bonds. The molecule has 4 aromatic carbocycles. The van der Waals surface area contributed by atoms with Crippen molar-refractivity contribution in [1.29, 1.82) is 0 Å². The van der Waals surface area contributed by atoms with E-state index in [2.05, 4.69) is 32.9 Å². The third-order valence-electron chi connectivity index (χ3n) is 8.95. The molecule has 4 N–H and O–H groups in total. The Morgan fingerprint density at radius 1 is 0.653 bits per heavy atom. The fourth-order valence-electron chi connectivity index (χ4n) is 6.08. The maximum Gasteiger partial charge on any atom is 0.339 e. The number of carboxylic acids is 2. The van der Waals surface area contributed by atoms with Crippen LogP contribution < -0.4 is 9.47 Å². The van der Waals surface area contributed by atoms with Gasteiger partial charge in [-0.25, -0.2) is 9.59 Å². The fraction of sp³-hybridized carbons (Fsp3) is 0.366. The van der Waals surface area contributed by atoms with Gasteiger partial charge in [0.15, 0.2) is 0 Å². The van der Waals surface area contributed by atoms with Crippen LogP contribution in [0.4, 0.5) is 0 Å². The van der Waals surface area contributed by atoms with E-state index in [1.165, 1.54) is 74.8 Å². The van der Waals surface area contributed by atoms with Crippen molar-refractivity contribution in [1.82, 2.24) is 0 Å². The number of phenols is 2. The van der Waals surface area contributed by atoms with Crippen molar-refractivity contribution in [3.8, 4) is 45.3 Å². The minimum absolute atomic E-state index is 0.0623. The SMILES string of the molecule is CCCCCCCCCC(C)(C)c1ccc(OCCOc2c(-c3ccc(O)c(C(=O)O)c3)cc(C)cc2-c2ccc(O)c(C(=O)O)c2)cc1. The first-order chi connectivity index (χ1) is 23.4. The van der Waals surface area contributed by atoms with E-state index in [1.807, 2.05) is 31.2 Å². The van der Waals surface area contributed by atoms with Crippen LogP contribution in [0.3, 0.4) is 0 Å². The van der Waals surface area contributed by atoms with Crippen LogP contribution in [0.2, 0.25) is 0 Å². The molecule has 0 atom stereocenters. The first-order valence-corrected chi connectivity index (χ1v) is 17.1. The molecule has 0 aliphatic heterocycles. The van der Waals surface area contributed by atoms with E-state index < -0.39 is 11.9 Å². The molecular weight excluding hydrogens is 620 g/mol. The highest BCUT2D eigenvalue weighted by atomic mass is 16.5. The summed E-state index contributed by atoms with van der Waals surface area (Å²) in [6.07, 6.45) is 10.1. The topological polar surface area (TPSA) is 134 Å². The Hall–Kier alpha value is -4.98. The van der Waals surface area contributed by atoms with E-state index in [9.17, 15) is 30.0 Å². The summed E-state index contributed by atoms with van der Waals surface area (Å²) in [5.41, 5.74) is 3.69. The molecule has 260 valence electrons. The Kier molecular flexibility index (Phi) is 12.7. The number of aromatic hydroxyl groups is 2. The largest absolute Gasteiger partial charge is 0.507 e. The van der Waals surface area contributed by atoms with Crippen molar-refractivity contribution in [3.63, 3.8) is 0 Å². The van der Waals surface area contributed by atoms with Crippen molar-refractivity contribution in [2.45, 2.75) is 84.5 Å². The number of hydrogen-bond acceptors (Lipinski definition) is 6. The van der Waals surface area contributed by atoms with Crippen LogP contribution in [0.1, 0.15) is 104 Å². The highest BCUT2D eigenvalue weighted by Crippen LogP contribution is 2.42. The predicted octanol–water partition coefficient (Wildman–Crippen LogP) is 10.0. The molecule has 0 spiro atoms. The maximum absolute atomic E-state index is 11.8. The standard InChI is InChI=1S/C41H48O8/c1-5-6-7-8-9-10-11-20-41(3,4)30-14-16-31(17-15-30)48-21-22-49-38-32(28-12-18-36(42)34(25-28)39(44)45)23-27(2)24-33(38)29-13-19-37(43)35(26-29)40(46)47/h12-19,23-26,42-43H,5-11,20-22H2,1-4H3,(H,44,45)(H,46,47). The van der Waals surface area contributed by atoms with Gasteiger partial charge in [0.1, 0.15) is 47.3 Å². The first-order valence-electron chi connectivity index (χ1n) is 17.1. The van der Waals surface area contributed by atoms with E-state index >= 15 is 0 Å². The molecule has 0 aliphatic carbocycles. The van der Waals surface area contributed by atoms with Crippen molar-refractivity contribution in [2.24, 2.45) is 0 Å². The summed E-state index contributed by atoms with van der Waals surface area (Å²) in [7, 11) is 0. The van der Waals surface area contributed by atoms with Gasteiger partial charge in [0.05, 0.1) is 0 Å². The van der Waals surface area contributed by atoms with Gasteiger partial charge in [-0.1, -0.05) is 90.0 Å². The summed E-state index contributed by atoms with van der Waals surface area (Å²) in [5.74, 6) is -2.20. The van der Waals surface area contributed by atoms with Crippen molar-refractivity contribution in [2.75, 3.05) is 13.2 Å². The van der Waals surface area contributed by atoms with E-state index in [0.29, 0.717) is 33.8 Å². The number of benzene rings is 4. The monoisotopic (exact) mass is 668 g/mol. The average molecular weight is 669 g/mol. The molecule has 8 nitrogen and oxygen atoms in total. The maximum atomic E-state index is 11.8. The van der Waals surface area contributed by atoms with Gasteiger partial charge in [0.25, 0.3) is 0 Å². The van der Waals surface area contributed by atoms with Crippen LogP contribution in [0.5, 0.6) is 23.0 Å². The molecule has 0 radical (unpaired) electrons. The van der Waals surface area contributed by atoms with Gasteiger partial charge in [-0.3, -0.25) is 0 Å². The molecule has 0 fully saturated rings. The molecule has 4 rings (SSSR count). The lowest BCUT2D eigenvalue weighted by Crippen LogP contribution is -2.17. The summed E-state index contributed by atoms with van der Waals surface area (Å²) >= 11 is 0. The summed E-state index contributed by atoms with van der Waals surface area (Å²) in [6, 6.07) is 20.4. The number of ether oxygens (including phenoxy) is 2. The van der Waals surface area contributed by atoms with Gasteiger partial charge in [-0.15, -0.1) is 0 Å². The molecule has 0 saturated heterocycles. The number of carboxylic acid groups (broad SMARTS) is 2. The minimum Gasteiger partial charge on any atom is -0.507 e. The normalized spacial score (nSPS) is 11.3. The van der Waals surface area contributed by atoms with Crippen molar-refractivity contribution < 1.29 is 39.5 Å². The molecule has 49 heavy (non-hydrogen) atoms. The van der Waals surface area contributed by atoms with Crippen LogP contribution in [0.25, 0.3) is 22.3 Å². The zero-order valence-electron chi connectivity index (χ0n) is 28.9. The highest BCUT2D eigenvalue weighted by Gasteiger charge is 2.21. The third-order valence-corrected chi connectivity index (χ3v) is 8.95. The number of unbranched alkanes of at least 4 members (excludes halogenated alkanes) is 6.